The molecule has 1 aromatic carbocycles. The summed E-state index contributed by atoms with van der Waals surface area (Å²) in [5, 5.41) is 17.9. The van der Waals surface area contributed by atoms with Crippen LogP contribution in [-0.2, 0) is 16.0 Å². The van der Waals surface area contributed by atoms with Gasteiger partial charge in [0.1, 0.15) is 7.85 Å². The lowest BCUT2D eigenvalue weighted by Crippen LogP contribution is -2.56. The Labute approximate surface area is 123 Å². The molecule has 0 saturated heterocycles. The molecular formula is C14H18BNO5. The summed E-state index contributed by atoms with van der Waals surface area (Å²) < 4.78 is 0. The minimum absolute atomic E-state index is 0.000434. The second-order valence-electron chi connectivity index (χ2n) is 5.13. The highest BCUT2D eigenvalue weighted by atomic mass is 16.4. The normalized spacial score (nSPS) is 12.7. The van der Waals surface area contributed by atoms with Crippen LogP contribution in [0.25, 0.3) is 0 Å². The Hall–Kier alpha value is -2.15. The molecule has 0 spiro atoms. The first-order valence-electron chi connectivity index (χ1n) is 6.61. The van der Waals surface area contributed by atoms with Gasteiger partial charge in [-0.05, 0) is 11.4 Å². The van der Waals surface area contributed by atoms with E-state index in [0.717, 1.165) is 6.42 Å². The minimum Gasteiger partial charge on any atom is -0.479 e. The Balaban J connectivity index is 2.96. The van der Waals surface area contributed by atoms with E-state index in [1.165, 1.54) is 12.1 Å². The van der Waals surface area contributed by atoms with E-state index in [9.17, 15) is 14.4 Å². The summed E-state index contributed by atoms with van der Waals surface area (Å²) in [4.78, 5) is 34.0. The van der Waals surface area contributed by atoms with E-state index >= 15 is 0 Å². The van der Waals surface area contributed by atoms with Gasteiger partial charge in [0.05, 0.1) is 0 Å². The molecule has 1 unspecified atom stereocenters. The number of carbonyl (C=O) groups excluding carboxylic acids is 1. The number of hydrogen-bond acceptors (Lipinski definition) is 4. The van der Waals surface area contributed by atoms with E-state index in [0.29, 0.717) is 11.1 Å². The van der Waals surface area contributed by atoms with E-state index in [1.807, 2.05) is 14.8 Å². The van der Waals surface area contributed by atoms with Crippen molar-refractivity contribution in [3.8, 4) is 0 Å². The average molecular weight is 291 g/mol. The van der Waals surface area contributed by atoms with Crippen LogP contribution in [0.1, 0.15) is 29.3 Å². The van der Waals surface area contributed by atoms with Gasteiger partial charge in [-0.3, -0.25) is 4.79 Å². The quantitative estimate of drug-likeness (QED) is 0.373. The van der Waals surface area contributed by atoms with Crippen molar-refractivity contribution in [3.63, 3.8) is 0 Å². The van der Waals surface area contributed by atoms with Crippen LogP contribution in [-0.4, -0.2) is 41.3 Å². The van der Waals surface area contributed by atoms with Gasteiger partial charge in [-0.25, -0.2) is 9.59 Å². The molecule has 112 valence electrons. The molecule has 0 amide bonds. The molecule has 1 atom stereocenters. The Morgan fingerprint density at radius 2 is 1.67 bits per heavy atom. The second kappa shape index (κ2) is 6.54. The average Bonchev–Trinajstić information content (AvgIpc) is 2.45. The molecule has 0 bridgehead atoms. The van der Waals surface area contributed by atoms with E-state index < -0.39 is 17.5 Å². The van der Waals surface area contributed by atoms with Crippen LogP contribution in [0.5, 0.6) is 0 Å². The number of benzene rings is 1. The fourth-order valence-electron chi connectivity index (χ4n) is 1.82. The summed E-state index contributed by atoms with van der Waals surface area (Å²) in [5.74, 6) is -3.30. The Morgan fingerprint density at radius 3 is 2.05 bits per heavy atom. The predicted octanol–water partition coefficient (Wildman–Crippen LogP) is 0.110. The lowest BCUT2D eigenvalue weighted by molar-refractivity contribution is -0.156. The van der Waals surface area contributed by atoms with E-state index in [4.69, 9.17) is 15.9 Å². The standard InChI is InChI=1S/C14H18BNO5/c1-2-10(15)11(17)9-5-3-8(4-6-9)7-14(16,12(18)19)13(20)21/h3-6,10H,2,7,15-16H2,1H3,(H,18,19)(H,20,21). The number of nitrogens with two attached hydrogens (primary N) is 1. The smallest absolute Gasteiger partial charge is 0.335 e. The molecule has 4 N–H and O–H groups in total. The van der Waals surface area contributed by atoms with Gasteiger partial charge in [-0.2, -0.15) is 0 Å². The SMILES string of the molecule is BC(CC)C(=O)c1ccc(CC(N)(C(=O)O)C(=O)O)cc1. The molecule has 21 heavy (non-hydrogen) atoms. The maximum atomic E-state index is 12.0. The van der Waals surface area contributed by atoms with Crippen molar-refractivity contribution in [2.45, 2.75) is 31.1 Å². The van der Waals surface area contributed by atoms with Gasteiger partial charge in [0.15, 0.2) is 5.78 Å². The minimum atomic E-state index is -2.37. The molecule has 1 rings (SSSR count). The van der Waals surface area contributed by atoms with Crippen molar-refractivity contribution in [3.05, 3.63) is 35.4 Å². The highest BCUT2D eigenvalue weighted by Gasteiger charge is 2.42. The van der Waals surface area contributed by atoms with Crippen molar-refractivity contribution in [1.29, 1.82) is 0 Å². The Bertz CT molecular complexity index is 541. The van der Waals surface area contributed by atoms with Crippen LogP contribution in [0.2, 0.25) is 5.82 Å². The van der Waals surface area contributed by atoms with E-state index in [1.54, 1.807) is 12.1 Å². The molecule has 0 aliphatic rings. The highest BCUT2D eigenvalue weighted by molar-refractivity contribution is 6.27. The molecule has 0 heterocycles. The first kappa shape index (κ1) is 16.9. The first-order valence-corrected chi connectivity index (χ1v) is 6.61. The van der Waals surface area contributed by atoms with E-state index in [-0.39, 0.29) is 18.0 Å². The first-order chi connectivity index (χ1) is 9.72. The molecule has 7 heteroatoms. The number of ketones is 1. The van der Waals surface area contributed by atoms with Crippen molar-refractivity contribution in [2.75, 3.05) is 0 Å². The zero-order chi connectivity index (χ0) is 16.2. The zero-order valence-electron chi connectivity index (χ0n) is 12.0. The topological polar surface area (TPSA) is 118 Å². The maximum Gasteiger partial charge on any atom is 0.335 e. The van der Waals surface area contributed by atoms with Crippen LogP contribution in [0.3, 0.4) is 0 Å². The van der Waals surface area contributed by atoms with Crippen LogP contribution in [0.4, 0.5) is 0 Å². The number of hydrogen-bond donors (Lipinski definition) is 3. The summed E-state index contributed by atoms with van der Waals surface area (Å²) in [7, 11) is 1.83. The van der Waals surface area contributed by atoms with Gasteiger partial charge in [0, 0.05) is 12.0 Å². The fraction of sp³-hybridized carbons (Fsp3) is 0.357. The molecule has 0 aromatic heterocycles. The van der Waals surface area contributed by atoms with Gasteiger partial charge >= 0.3 is 11.9 Å². The summed E-state index contributed by atoms with van der Waals surface area (Å²) in [5.41, 5.74) is 4.01. The number of Topliss-reactive ketones (excluding diaryl/α,β-unsaturated/α-hetero) is 1. The Morgan fingerprint density at radius 1 is 1.19 bits per heavy atom. The molecule has 6 nitrogen and oxygen atoms in total. The summed E-state index contributed by atoms with van der Waals surface area (Å²) in [6, 6.07) is 6.19. The van der Waals surface area contributed by atoms with Crippen molar-refractivity contribution < 1.29 is 24.6 Å². The Kier molecular flexibility index (Phi) is 5.26. The third-order valence-electron chi connectivity index (χ3n) is 3.54. The van der Waals surface area contributed by atoms with Gasteiger partial charge in [0.2, 0.25) is 5.54 Å². The van der Waals surface area contributed by atoms with Crippen LogP contribution >= 0.6 is 0 Å². The number of rotatable bonds is 7. The number of aliphatic carboxylic acids is 2. The molecule has 0 aliphatic heterocycles. The van der Waals surface area contributed by atoms with Crippen molar-refractivity contribution in [1.82, 2.24) is 0 Å². The number of carbonyl (C=O) groups is 3. The van der Waals surface area contributed by atoms with Gasteiger partial charge < -0.3 is 15.9 Å². The summed E-state index contributed by atoms with van der Waals surface area (Å²) in [6.45, 7) is 1.92. The highest BCUT2D eigenvalue weighted by Crippen LogP contribution is 2.17. The fourth-order valence-corrected chi connectivity index (χ4v) is 1.82. The zero-order valence-corrected chi connectivity index (χ0v) is 12.0. The molecular weight excluding hydrogens is 273 g/mol. The van der Waals surface area contributed by atoms with Crippen LogP contribution in [0, 0.1) is 0 Å². The third kappa shape index (κ3) is 3.69. The lowest BCUT2D eigenvalue weighted by Gasteiger charge is -2.19. The lowest BCUT2D eigenvalue weighted by atomic mass is 9.79. The van der Waals surface area contributed by atoms with Gasteiger partial charge in [-0.1, -0.05) is 37.6 Å². The van der Waals surface area contributed by atoms with Crippen molar-refractivity contribution >= 4 is 25.6 Å². The largest absolute Gasteiger partial charge is 0.479 e. The summed E-state index contributed by atoms with van der Waals surface area (Å²) >= 11 is 0. The predicted molar refractivity (Wildman–Crippen MR) is 79.3 cm³/mol. The van der Waals surface area contributed by atoms with Gasteiger partial charge in [-0.15, -0.1) is 0 Å². The maximum absolute atomic E-state index is 12.0. The molecule has 0 aliphatic carbocycles. The van der Waals surface area contributed by atoms with Gasteiger partial charge in [0.25, 0.3) is 0 Å². The third-order valence-corrected chi connectivity index (χ3v) is 3.54. The van der Waals surface area contributed by atoms with Crippen LogP contribution in [0.15, 0.2) is 24.3 Å². The molecule has 0 saturated carbocycles. The molecule has 1 aromatic rings. The number of carboxylic acids is 2. The molecule has 0 fully saturated rings. The monoisotopic (exact) mass is 291 g/mol. The van der Waals surface area contributed by atoms with E-state index in [2.05, 4.69) is 0 Å². The van der Waals surface area contributed by atoms with Crippen LogP contribution < -0.4 is 5.73 Å². The second-order valence-corrected chi connectivity index (χ2v) is 5.13. The van der Waals surface area contributed by atoms with Crippen molar-refractivity contribution in [2.24, 2.45) is 5.73 Å². The number of carboxylic acid groups (broad SMARTS) is 2. The summed E-state index contributed by atoms with van der Waals surface area (Å²) in [6.07, 6.45) is 0.375. The molecule has 0 radical (unpaired) electrons.